The molecule has 0 bridgehead atoms. The number of hydrogen-bond donors (Lipinski definition) is 4. The Bertz CT molecular complexity index is 320. The molecule has 13 heavy (non-hydrogen) atoms. The van der Waals surface area contributed by atoms with Gasteiger partial charge in [0.1, 0.15) is 0 Å². The van der Waals surface area contributed by atoms with Gasteiger partial charge in [0.2, 0.25) is 0 Å². The number of hydrogen-bond acceptors (Lipinski definition) is 4. The summed E-state index contributed by atoms with van der Waals surface area (Å²) in [7, 11) is 0. The molecule has 0 radical (unpaired) electrons. The van der Waals surface area contributed by atoms with Crippen LogP contribution in [0, 0.1) is 0 Å². The molecule has 72 valence electrons. The first-order valence-corrected chi connectivity index (χ1v) is 6.71. The third kappa shape index (κ3) is 2.87. The first-order valence-electron chi connectivity index (χ1n) is 3.32. The van der Waals surface area contributed by atoms with Crippen molar-refractivity contribution in [2.24, 2.45) is 5.84 Å². The van der Waals surface area contributed by atoms with Gasteiger partial charge in [-0.15, -0.1) is 0 Å². The first kappa shape index (κ1) is 10.3. The molecular formula is C6H9AsN2O4. The van der Waals surface area contributed by atoms with Crippen LogP contribution in [0.4, 0.5) is 0 Å². The molecule has 0 amide bonds. The van der Waals surface area contributed by atoms with Gasteiger partial charge in [-0.05, 0) is 0 Å². The summed E-state index contributed by atoms with van der Waals surface area (Å²) in [4.78, 5) is 4.66. The quantitative estimate of drug-likeness (QED) is 0.280. The summed E-state index contributed by atoms with van der Waals surface area (Å²) < 4.78 is 28.4. The first-order chi connectivity index (χ1) is 6.04. The average molecular weight is 248 g/mol. The molecule has 0 unspecified atom stereocenters. The van der Waals surface area contributed by atoms with Crippen molar-refractivity contribution < 1.29 is 16.8 Å². The molecule has 1 aromatic rings. The fraction of sp³-hybridized carbons (Fsp3) is 0. The maximum absolute atomic E-state index is 10.8. The Balaban J connectivity index is 2.88. The van der Waals surface area contributed by atoms with Crippen LogP contribution in [0.1, 0.15) is 0 Å². The summed E-state index contributed by atoms with van der Waals surface area (Å²) in [6, 6.07) is 5.42. The topological polar surface area (TPSA) is 105 Å². The Morgan fingerprint density at radius 2 is 1.85 bits per heavy atom. The summed E-state index contributed by atoms with van der Waals surface area (Å²) in [5, 5.41) is 0. The summed E-state index contributed by atoms with van der Waals surface area (Å²) in [5.41, 5.74) is 1.95. The van der Waals surface area contributed by atoms with Crippen molar-refractivity contribution in [3.8, 4) is 5.75 Å². The van der Waals surface area contributed by atoms with Crippen LogP contribution < -0.4 is 20.6 Å². The zero-order chi connectivity index (χ0) is 9.90. The monoisotopic (exact) mass is 248 g/mol. The molecule has 0 aromatic heterocycles. The molecule has 7 heteroatoms. The zero-order valence-electron chi connectivity index (χ0n) is 6.54. The summed E-state index contributed by atoms with van der Waals surface area (Å²) in [6.07, 6.45) is 0. The van der Waals surface area contributed by atoms with Crippen molar-refractivity contribution in [2.45, 2.75) is 0 Å². The Morgan fingerprint density at radius 3 is 2.23 bits per heavy atom. The van der Waals surface area contributed by atoms with Crippen molar-refractivity contribution in [1.29, 1.82) is 0 Å². The van der Waals surface area contributed by atoms with Gasteiger partial charge >= 0.3 is 76.7 Å². The van der Waals surface area contributed by atoms with Crippen LogP contribution in [0.2, 0.25) is 0 Å². The van der Waals surface area contributed by atoms with Gasteiger partial charge in [-0.25, -0.2) is 0 Å². The van der Waals surface area contributed by atoms with Crippen molar-refractivity contribution in [3.05, 3.63) is 24.3 Å². The molecule has 0 aliphatic heterocycles. The van der Waals surface area contributed by atoms with Crippen LogP contribution >= 0.6 is 0 Å². The molecule has 0 fully saturated rings. The Morgan fingerprint density at radius 1 is 1.31 bits per heavy atom. The molecule has 0 saturated carbocycles. The number of nitrogens with one attached hydrogen (secondary N) is 1. The van der Waals surface area contributed by atoms with E-state index in [0.717, 1.165) is 0 Å². The predicted molar refractivity (Wildman–Crippen MR) is 44.9 cm³/mol. The van der Waals surface area contributed by atoms with Crippen LogP contribution in [0.5, 0.6) is 5.75 Å². The van der Waals surface area contributed by atoms with Crippen LogP contribution in [0.25, 0.3) is 0 Å². The molecule has 0 aliphatic rings. The van der Waals surface area contributed by atoms with Gasteiger partial charge < -0.3 is 0 Å². The van der Waals surface area contributed by atoms with E-state index in [2.05, 4.69) is 4.84 Å². The number of rotatable bonds is 3. The molecule has 5 N–H and O–H groups in total. The molecule has 0 spiro atoms. The molecule has 0 atom stereocenters. The number of benzene rings is 1. The van der Waals surface area contributed by atoms with Gasteiger partial charge in [-0.2, -0.15) is 0 Å². The third-order valence-corrected chi connectivity index (χ3v) is 3.39. The van der Waals surface area contributed by atoms with Crippen LogP contribution in [-0.4, -0.2) is 22.4 Å². The molecule has 1 aromatic carbocycles. The van der Waals surface area contributed by atoms with E-state index < -0.39 is 14.2 Å². The van der Waals surface area contributed by atoms with E-state index in [1.807, 2.05) is 5.59 Å². The number of hydrazine groups is 1. The van der Waals surface area contributed by atoms with E-state index >= 15 is 0 Å². The van der Waals surface area contributed by atoms with E-state index in [9.17, 15) is 3.74 Å². The summed E-state index contributed by atoms with van der Waals surface area (Å²) in [6.45, 7) is 0. The second kappa shape index (κ2) is 3.95. The van der Waals surface area contributed by atoms with Crippen molar-refractivity contribution in [1.82, 2.24) is 5.59 Å². The Hall–Kier alpha value is -0.782. The Labute approximate surface area is 77.2 Å². The van der Waals surface area contributed by atoms with Crippen molar-refractivity contribution in [2.75, 3.05) is 0 Å². The molecule has 6 nitrogen and oxygen atoms in total. The van der Waals surface area contributed by atoms with E-state index in [0.29, 0.717) is 5.75 Å². The minimum absolute atomic E-state index is 0.00231. The van der Waals surface area contributed by atoms with Crippen molar-refractivity contribution >= 4 is 18.5 Å². The molecular weight excluding hydrogens is 239 g/mol. The molecule has 0 saturated heterocycles. The molecule has 0 aliphatic carbocycles. The van der Waals surface area contributed by atoms with E-state index in [1.165, 1.54) is 24.3 Å². The van der Waals surface area contributed by atoms with E-state index in [-0.39, 0.29) is 4.35 Å². The van der Waals surface area contributed by atoms with Gasteiger partial charge in [0.15, 0.2) is 0 Å². The average Bonchev–Trinajstić information content (AvgIpc) is 2.04. The number of nitrogens with two attached hydrogens (primary N) is 1. The summed E-state index contributed by atoms with van der Waals surface area (Å²) in [5.74, 6) is 5.25. The second-order valence-electron chi connectivity index (χ2n) is 2.26. The predicted octanol–water partition coefficient (Wildman–Crippen LogP) is -2.00. The van der Waals surface area contributed by atoms with Gasteiger partial charge in [0, 0.05) is 0 Å². The van der Waals surface area contributed by atoms with Gasteiger partial charge in [0.05, 0.1) is 0 Å². The van der Waals surface area contributed by atoms with Gasteiger partial charge in [-0.1, -0.05) is 0 Å². The van der Waals surface area contributed by atoms with E-state index in [1.54, 1.807) is 0 Å². The normalized spacial score (nSPS) is 11.3. The van der Waals surface area contributed by atoms with E-state index in [4.69, 9.17) is 14.0 Å². The maximum atomic E-state index is 10.8. The Kier molecular flexibility index (Phi) is 3.13. The standard InChI is InChI=1S/C6H9AsN2O4/c8-9-13-6-3-1-5(2-4-6)7(10,11)12/h1-4,9H,8H2,(H2,10,11,12). The molecule has 1 rings (SSSR count). The van der Waals surface area contributed by atoms with Gasteiger partial charge in [0.25, 0.3) is 0 Å². The van der Waals surface area contributed by atoms with Crippen LogP contribution in [-0.2, 0) is 3.74 Å². The van der Waals surface area contributed by atoms with Crippen LogP contribution in [0.3, 0.4) is 0 Å². The third-order valence-electron chi connectivity index (χ3n) is 1.35. The fourth-order valence-corrected chi connectivity index (χ4v) is 1.90. The fourth-order valence-electron chi connectivity index (χ4n) is 0.776. The minimum atomic E-state index is -4.76. The summed E-state index contributed by atoms with van der Waals surface area (Å²) >= 11 is -4.76. The van der Waals surface area contributed by atoms with Gasteiger partial charge in [-0.3, -0.25) is 0 Å². The molecule has 0 heterocycles. The van der Waals surface area contributed by atoms with Crippen LogP contribution in [0.15, 0.2) is 24.3 Å². The SMILES string of the molecule is NNOc1ccc([As](=O)(O)O)cc1. The second-order valence-corrected chi connectivity index (χ2v) is 5.62. The van der Waals surface area contributed by atoms with Crippen molar-refractivity contribution in [3.63, 3.8) is 0 Å². The zero-order valence-corrected chi connectivity index (χ0v) is 8.42.